The van der Waals surface area contributed by atoms with Gasteiger partial charge in [0.05, 0.1) is 24.2 Å². The van der Waals surface area contributed by atoms with Gasteiger partial charge in [-0.2, -0.15) is 13.2 Å². The van der Waals surface area contributed by atoms with E-state index in [4.69, 9.17) is 0 Å². The first-order valence-corrected chi connectivity index (χ1v) is 7.98. The monoisotopic (exact) mass is 358 g/mol. The van der Waals surface area contributed by atoms with Gasteiger partial charge in [0.2, 0.25) is 0 Å². The lowest BCUT2D eigenvalue weighted by Gasteiger charge is -2.27. The van der Waals surface area contributed by atoms with Crippen LogP contribution in [-0.4, -0.2) is 40.4 Å². The van der Waals surface area contributed by atoms with Gasteiger partial charge in [0, 0.05) is 30.1 Å². The van der Waals surface area contributed by atoms with Gasteiger partial charge in [-0.25, -0.2) is 4.99 Å². The summed E-state index contributed by atoms with van der Waals surface area (Å²) in [7, 11) is 0. The van der Waals surface area contributed by atoms with Crippen LogP contribution in [0.1, 0.15) is 27.9 Å². The number of Topliss-reactive ketones (excluding diaryl/α,β-unsaturated/α-hetero) is 1. The second-order valence-electron chi connectivity index (χ2n) is 5.96. The van der Waals surface area contributed by atoms with Crippen LogP contribution in [0, 0.1) is 0 Å². The minimum atomic E-state index is -4.45. The molecule has 0 atom stereocenters. The Kier molecular flexibility index (Phi) is 3.82. The molecule has 5 nitrogen and oxygen atoms in total. The smallest absolute Gasteiger partial charge is 0.312 e. The molecule has 2 aliphatic rings. The van der Waals surface area contributed by atoms with Gasteiger partial charge in [-0.3, -0.25) is 14.8 Å². The predicted molar refractivity (Wildman–Crippen MR) is 89.8 cm³/mol. The number of benzene rings is 1. The Balaban J connectivity index is 1.72. The van der Waals surface area contributed by atoms with Crippen LogP contribution >= 0.6 is 0 Å². The minimum absolute atomic E-state index is 0.0274. The Hall–Kier alpha value is -3.03. The van der Waals surface area contributed by atoms with E-state index in [9.17, 15) is 18.0 Å². The van der Waals surface area contributed by atoms with Gasteiger partial charge in [0.15, 0.2) is 5.78 Å². The number of carbonyl (C=O) groups is 1. The molecule has 2 aromatic rings. The van der Waals surface area contributed by atoms with Crippen molar-refractivity contribution in [3.8, 4) is 0 Å². The minimum Gasteiger partial charge on any atom is -0.312 e. The summed E-state index contributed by atoms with van der Waals surface area (Å²) in [5, 5.41) is 0. The topological polar surface area (TPSA) is 57.9 Å². The zero-order valence-electron chi connectivity index (χ0n) is 13.5. The summed E-state index contributed by atoms with van der Waals surface area (Å²) in [4.78, 5) is 26.9. The van der Waals surface area contributed by atoms with Gasteiger partial charge in [0.25, 0.3) is 0 Å². The number of fused-ring (bicyclic) bond motifs is 3. The Labute approximate surface area is 146 Å². The Bertz CT molecular complexity index is 935. The third-order valence-corrected chi connectivity index (χ3v) is 4.27. The first-order chi connectivity index (χ1) is 12.4. The van der Waals surface area contributed by atoms with Crippen molar-refractivity contribution in [1.82, 2.24) is 9.88 Å². The van der Waals surface area contributed by atoms with E-state index in [0.29, 0.717) is 35.9 Å². The quantitative estimate of drug-likeness (QED) is 0.790. The lowest BCUT2D eigenvalue weighted by atomic mass is 10.0. The average molecular weight is 358 g/mol. The molecule has 0 amide bonds. The fourth-order valence-electron chi connectivity index (χ4n) is 3.03. The molecule has 0 spiro atoms. The lowest BCUT2D eigenvalue weighted by Crippen LogP contribution is -2.38. The number of carbonyl (C=O) groups excluding carboxylic acids is 1. The van der Waals surface area contributed by atoms with Crippen LogP contribution < -0.4 is 0 Å². The molecule has 1 aromatic heterocycles. The van der Waals surface area contributed by atoms with E-state index in [0.717, 1.165) is 12.1 Å². The molecule has 0 bridgehead atoms. The fraction of sp³-hybridized carbons (Fsp3) is 0.222. The average Bonchev–Trinajstić information content (AvgIpc) is 3.11. The first kappa shape index (κ1) is 16.4. The molecule has 132 valence electrons. The molecule has 2 aliphatic heterocycles. The summed E-state index contributed by atoms with van der Waals surface area (Å²) >= 11 is 0. The molecule has 1 aromatic carbocycles. The zero-order valence-corrected chi connectivity index (χ0v) is 13.5. The van der Waals surface area contributed by atoms with E-state index in [-0.39, 0.29) is 17.9 Å². The fourth-order valence-corrected chi connectivity index (χ4v) is 3.03. The van der Waals surface area contributed by atoms with E-state index in [1.54, 1.807) is 23.2 Å². The van der Waals surface area contributed by atoms with Gasteiger partial charge in [0.1, 0.15) is 11.7 Å². The highest BCUT2D eigenvalue weighted by molar-refractivity contribution is 6.20. The van der Waals surface area contributed by atoms with Crippen molar-refractivity contribution in [2.24, 2.45) is 9.98 Å². The van der Waals surface area contributed by atoms with Gasteiger partial charge in [-0.05, 0) is 30.3 Å². The van der Waals surface area contributed by atoms with E-state index < -0.39 is 11.7 Å². The molecule has 0 saturated carbocycles. The van der Waals surface area contributed by atoms with E-state index in [2.05, 4.69) is 15.0 Å². The van der Waals surface area contributed by atoms with Gasteiger partial charge in [-0.15, -0.1) is 0 Å². The lowest BCUT2D eigenvalue weighted by molar-refractivity contribution is -0.137. The molecule has 0 radical (unpaired) electrons. The summed E-state index contributed by atoms with van der Waals surface area (Å²) in [5.74, 6) is 0.776. The number of aliphatic imine (C=N–C) groups is 2. The number of hydrogen-bond acceptors (Lipinski definition) is 5. The van der Waals surface area contributed by atoms with Gasteiger partial charge in [-0.1, -0.05) is 0 Å². The van der Waals surface area contributed by atoms with E-state index in [1.807, 2.05) is 0 Å². The highest BCUT2D eigenvalue weighted by atomic mass is 19.4. The number of ketones is 1. The van der Waals surface area contributed by atoms with Crippen molar-refractivity contribution < 1.29 is 18.0 Å². The molecule has 0 N–H and O–H groups in total. The zero-order chi connectivity index (χ0) is 18.3. The number of rotatable bonds is 3. The number of aromatic nitrogens is 1. The molecule has 26 heavy (non-hydrogen) atoms. The second kappa shape index (κ2) is 6.05. The second-order valence-corrected chi connectivity index (χ2v) is 5.96. The standard InChI is InChI=1S/C18H13F3N4O/c19-18(20,21)12-3-4-13-14(8-12)24-16(25-7-6-23-17(13)25)9-15(26)11-2-1-5-22-10-11/h1-5,8,10H,6-7,9H2. The third kappa shape index (κ3) is 2.87. The van der Waals surface area contributed by atoms with Crippen molar-refractivity contribution in [1.29, 1.82) is 0 Å². The van der Waals surface area contributed by atoms with Gasteiger partial charge >= 0.3 is 6.18 Å². The van der Waals surface area contributed by atoms with Crippen molar-refractivity contribution >= 4 is 23.1 Å². The molecule has 0 saturated heterocycles. The summed E-state index contributed by atoms with van der Waals surface area (Å²) in [6, 6.07) is 6.72. The van der Waals surface area contributed by atoms with Crippen LogP contribution in [0.2, 0.25) is 0 Å². The largest absolute Gasteiger partial charge is 0.416 e. The van der Waals surface area contributed by atoms with Crippen LogP contribution in [0.3, 0.4) is 0 Å². The number of hydrogen-bond donors (Lipinski definition) is 0. The van der Waals surface area contributed by atoms with Crippen LogP contribution in [0.5, 0.6) is 0 Å². The highest BCUT2D eigenvalue weighted by Crippen LogP contribution is 2.36. The van der Waals surface area contributed by atoms with Gasteiger partial charge < -0.3 is 4.90 Å². The van der Waals surface area contributed by atoms with E-state index >= 15 is 0 Å². The number of pyridine rings is 1. The van der Waals surface area contributed by atoms with Crippen molar-refractivity contribution in [2.75, 3.05) is 13.1 Å². The van der Waals surface area contributed by atoms with E-state index in [1.165, 1.54) is 12.3 Å². The SMILES string of the molecule is O=C(CC1=Nc2cc(C(F)(F)F)ccc2C2=NCCN12)c1cccnc1. The molecule has 0 aliphatic carbocycles. The molecule has 0 unspecified atom stereocenters. The van der Waals surface area contributed by atoms with Crippen LogP contribution in [0.4, 0.5) is 18.9 Å². The molecule has 4 rings (SSSR count). The van der Waals surface area contributed by atoms with Crippen molar-refractivity contribution in [3.05, 3.63) is 59.4 Å². The number of alkyl halides is 3. The summed E-state index contributed by atoms with van der Waals surface area (Å²) in [5.41, 5.74) is 0.395. The summed E-state index contributed by atoms with van der Waals surface area (Å²) in [6.07, 6.45) is -1.46. The maximum Gasteiger partial charge on any atom is 0.416 e. The summed E-state index contributed by atoms with van der Waals surface area (Å²) < 4.78 is 39.0. The Morgan fingerprint density at radius 2 is 2.08 bits per heavy atom. The summed E-state index contributed by atoms with van der Waals surface area (Å²) in [6.45, 7) is 1.06. The molecular formula is C18H13F3N4O. The molecule has 3 heterocycles. The normalized spacial score (nSPS) is 15.9. The van der Waals surface area contributed by atoms with Crippen LogP contribution in [0.15, 0.2) is 52.7 Å². The van der Waals surface area contributed by atoms with Crippen molar-refractivity contribution in [2.45, 2.75) is 12.6 Å². The Morgan fingerprint density at radius 1 is 1.23 bits per heavy atom. The maximum atomic E-state index is 13.0. The first-order valence-electron chi connectivity index (χ1n) is 7.98. The maximum absolute atomic E-state index is 13.0. The molecular weight excluding hydrogens is 345 g/mol. The molecule has 8 heteroatoms. The van der Waals surface area contributed by atoms with Crippen molar-refractivity contribution in [3.63, 3.8) is 0 Å². The third-order valence-electron chi connectivity index (χ3n) is 4.27. The predicted octanol–water partition coefficient (Wildman–Crippen LogP) is 3.48. The number of amidine groups is 2. The number of nitrogens with zero attached hydrogens (tertiary/aromatic N) is 4. The Morgan fingerprint density at radius 3 is 2.81 bits per heavy atom. The molecule has 0 fully saturated rings. The highest BCUT2D eigenvalue weighted by Gasteiger charge is 2.35. The van der Waals surface area contributed by atoms with Crippen LogP contribution in [-0.2, 0) is 6.18 Å². The van der Waals surface area contributed by atoms with Crippen LogP contribution in [0.25, 0.3) is 0 Å². The number of halogens is 3.